The summed E-state index contributed by atoms with van der Waals surface area (Å²) in [6.45, 7) is 2.70. The number of hydrogen-bond donors (Lipinski definition) is 1. The van der Waals surface area contributed by atoms with E-state index in [9.17, 15) is 9.59 Å². The van der Waals surface area contributed by atoms with Crippen LogP contribution in [0.1, 0.15) is 21.7 Å². The van der Waals surface area contributed by atoms with Gasteiger partial charge in [-0.1, -0.05) is 24.3 Å². The molecule has 8 nitrogen and oxygen atoms in total. The first kappa shape index (κ1) is 19.9. The molecule has 1 aliphatic rings. The van der Waals surface area contributed by atoms with Gasteiger partial charge in [0.05, 0.1) is 11.1 Å². The molecule has 1 aliphatic heterocycles. The summed E-state index contributed by atoms with van der Waals surface area (Å²) < 4.78 is 0. The standard InChI is InChI=1S/C24H22N6O2/c31-23-19-6-2-1-5-18(19)20(27-28-23)15-17-8-10-25-21(16-17)24(32)30-13-11-29(12-14-30)22-7-3-4-9-26-22/h1-10,16H,11-15H2,(H,28,31). The number of benzene rings is 1. The maximum atomic E-state index is 13.1. The number of carbonyl (C=O) groups excluding carboxylic acids is 1. The molecule has 1 fully saturated rings. The number of hydrogen-bond acceptors (Lipinski definition) is 6. The van der Waals surface area contributed by atoms with Gasteiger partial charge in [0.15, 0.2) is 0 Å². The second kappa shape index (κ2) is 8.58. The number of H-pyrrole nitrogens is 1. The van der Waals surface area contributed by atoms with Gasteiger partial charge in [0.25, 0.3) is 11.5 Å². The van der Waals surface area contributed by atoms with Crippen LogP contribution in [0.3, 0.4) is 0 Å². The normalized spacial score (nSPS) is 14.0. The highest BCUT2D eigenvalue weighted by Crippen LogP contribution is 2.18. The van der Waals surface area contributed by atoms with E-state index in [1.54, 1.807) is 18.5 Å². The average molecular weight is 426 g/mol. The Morgan fingerprint density at radius 3 is 2.47 bits per heavy atom. The molecule has 1 amide bonds. The van der Waals surface area contributed by atoms with Crippen molar-refractivity contribution in [3.63, 3.8) is 0 Å². The Balaban J connectivity index is 1.31. The summed E-state index contributed by atoms with van der Waals surface area (Å²) >= 11 is 0. The summed E-state index contributed by atoms with van der Waals surface area (Å²) in [7, 11) is 0. The number of fused-ring (bicyclic) bond motifs is 1. The minimum absolute atomic E-state index is 0.0770. The fourth-order valence-corrected chi connectivity index (χ4v) is 4.04. The molecule has 0 spiro atoms. The highest BCUT2D eigenvalue weighted by atomic mass is 16.2. The molecule has 4 aromatic rings. The van der Waals surface area contributed by atoms with E-state index in [4.69, 9.17) is 0 Å². The molecule has 1 aromatic carbocycles. The van der Waals surface area contributed by atoms with Crippen LogP contribution in [-0.2, 0) is 6.42 Å². The van der Waals surface area contributed by atoms with Crippen LogP contribution >= 0.6 is 0 Å². The molecule has 0 radical (unpaired) electrons. The van der Waals surface area contributed by atoms with Crippen LogP contribution in [0.4, 0.5) is 5.82 Å². The first-order chi connectivity index (χ1) is 15.7. The van der Waals surface area contributed by atoms with E-state index in [-0.39, 0.29) is 11.5 Å². The van der Waals surface area contributed by atoms with Crippen LogP contribution in [0.15, 0.2) is 71.8 Å². The molecule has 0 unspecified atom stereocenters. The van der Waals surface area contributed by atoms with Gasteiger partial charge in [0.1, 0.15) is 11.5 Å². The zero-order valence-electron chi connectivity index (χ0n) is 17.4. The molecule has 0 atom stereocenters. The molecule has 32 heavy (non-hydrogen) atoms. The van der Waals surface area contributed by atoms with E-state index in [0.717, 1.165) is 35.6 Å². The number of carbonyl (C=O) groups is 1. The Morgan fingerprint density at radius 2 is 1.69 bits per heavy atom. The molecule has 3 aromatic heterocycles. The second-order valence-corrected chi connectivity index (χ2v) is 7.74. The zero-order chi connectivity index (χ0) is 21.9. The lowest BCUT2D eigenvalue weighted by atomic mass is 10.0. The number of nitrogens with one attached hydrogen (secondary N) is 1. The van der Waals surface area contributed by atoms with Crippen LogP contribution in [-0.4, -0.2) is 57.2 Å². The molecular formula is C24H22N6O2. The van der Waals surface area contributed by atoms with Crippen LogP contribution in [0.2, 0.25) is 0 Å². The van der Waals surface area contributed by atoms with Gasteiger partial charge in [-0.2, -0.15) is 5.10 Å². The average Bonchev–Trinajstić information content (AvgIpc) is 2.86. The van der Waals surface area contributed by atoms with E-state index >= 15 is 0 Å². The topological polar surface area (TPSA) is 95.1 Å². The van der Waals surface area contributed by atoms with E-state index in [1.807, 2.05) is 53.4 Å². The van der Waals surface area contributed by atoms with Gasteiger partial charge < -0.3 is 9.80 Å². The van der Waals surface area contributed by atoms with Crippen molar-refractivity contribution in [3.05, 3.63) is 94.3 Å². The van der Waals surface area contributed by atoms with Crippen molar-refractivity contribution in [3.8, 4) is 0 Å². The fourth-order valence-electron chi connectivity index (χ4n) is 4.04. The summed E-state index contributed by atoms with van der Waals surface area (Å²) in [5.74, 6) is 0.854. The lowest BCUT2D eigenvalue weighted by molar-refractivity contribution is 0.0740. The SMILES string of the molecule is O=C(c1cc(Cc2n[nH]c(=O)c3ccccc23)ccn1)N1CCN(c2ccccn2)CC1. The predicted molar refractivity (Wildman–Crippen MR) is 122 cm³/mol. The molecule has 4 heterocycles. The minimum atomic E-state index is -0.209. The zero-order valence-corrected chi connectivity index (χ0v) is 17.4. The number of amides is 1. The number of nitrogens with zero attached hydrogens (tertiary/aromatic N) is 5. The van der Waals surface area contributed by atoms with E-state index in [2.05, 4.69) is 25.1 Å². The fraction of sp³-hybridized carbons (Fsp3) is 0.208. The Morgan fingerprint density at radius 1 is 0.906 bits per heavy atom. The van der Waals surface area contributed by atoms with Crippen LogP contribution in [0.25, 0.3) is 10.8 Å². The van der Waals surface area contributed by atoms with Crippen LogP contribution in [0, 0.1) is 0 Å². The van der Waals surface area contributed by atoms with Crippen molar-refractivity contribution < 1.29 is 4.79 Å². The molecule has 0 aliphatic carbocycles. The Kier molecular flexibility index (Phi) is 5.33. The molecule has 1 N–H and O–H groups in total. The van der Waals surface area contributed by atoms with Gasteiger partial charge in [-0.3, -0.25) is 14.6 Å². The number of pyridine rings is 2. The van der Waals surface area contributed by atoms with Crippen molar-refractivity contribution >= 4 is 22.5 Å². The number of aromatic nitrogens is 4. The van der Waals surface area contributed by atoms with Crippen molar-refractivity contribution in [1.82, 2.24) is 25.1 Å². The third kappa shape index (κ3) is 3.94. The molecular weight excluding hydrogens is 404 g/mol. The summed E-state index contributed by atoms with van der Waals surface area (Å²) in [5, 5.41) is 8.22. The van der Waals surface area contributed by atoms with Crippen molar-refractivity contribution in [1.29, 1.82) is 0 Å². The number of anilines is 1. The van der Waals surface area contributed by atoms with Crippen molar-refractivity contribution in [2.75, 3.05) is 31.1 Å². The van der Waals surface area contributed by atoms with Gasteiger partial charge >= 0.3 is 0 Å². The van der Waals surface area contributed by atoms with E-state index in [1.165, 1.54) is 0 Å². The first-order valence-corrected chi connectivity index (χ1v) is 10.6. The summed E-state index contributed by atoms with van der Waals surface area (Å²) in [6, 6.07) is 16.9. The van der Waals surface area contributed by atoms with Gasteiger partial charge in [-0.15, -0.1) is 0 Å². The first-order valence-electron chi connectivity index (χ1n) is 10.6. The highest BCUT2D eigenvalue weighted by Gasteiger charge is 2.23. The minimum Gasteiger partial charge on any atom is -0.353 e. The van der Waals surface area contributed by atoms with E-state index in [0.29, 0.717) is 30.6 Å². The lowest BCUT2D eigenvalue weighted by Crippen LogP contribution is -2.49. The van der Waals surface area contributed by atoms with E-state index < -0.39 is 0 Å². The molecule has 5 rings (SSSR count). The number of aromatic amines is 1. The number of rotatable bonds is 4. The monoisotopic (exact) mass is 426 g/mol. The smallest absolute Gasteiger partial charge is 0.272 e. The van der Waals surface area contributed by atoms with Crippen molar-refractivity contribution in [2.24, 2.45) is 0 Å². The maximum absolute atomic E-state index is 13.1. The Hall–Kier alpha value is -4.07. The summed E-state index contributed by atoms with van der Waals surface area (Å²) in [6.07, 6.45) is 3.93. The second-order valence-electron chi connectivity index (χ2n) is 7.74. The van der Waals surface area contributed by atoms with Crippen LogP contribution in [0.5, 0.6) is 0 Å². The quantitative estimate of drug-likeness (QED) is 0.538. The number of piperazine rings is 1. The third-order valence-corrected chi connectivity index (χ3v) is 5.73. The van der Waals surface area contributed by atoms with Gasteiger partial charge in [-0.05, 0) is 35.9 Å². The largest absolute Gasteiger partial charge is 0.353 e. The highest BCUT2D eigenvalue weighted by molar-refractivity contribution is 5.92. The van der Waals surface area contributed by atoms with Crippen molar-refractivity contribution in [2.45, 2.75) is 6.42 Å². The molecule has 0 saturated carbocycles. The van der Waals surface area contributed by atoms with Gasteiger partial charge in [0.2, 0.25) is 0 Å². The molecule has 1 saturated heterocycles. The lowest BCUT2D eigenvalue weighted by Gasteiger charge is -2.35. The summed E-state index contributed by atoms with van der Waals surface area (Å²) in [5.41, 5.74) is 1.89. The van der Waals surface area contributed by atoms with Gasteiger partial charge in [-0.25, -0.2) is 10.1 Å². The summed E-state index contributed by atoms with van der Waals surface area (Å²) in [4.78, 5) is 37.8. The Labute approximate surface area is 184 Å². The predicted octanol–water partition coefficient (Wildman–Crippen LogP) is 2.27. The molecule has 160 valence electrons. The van der Waals surface area contributed by atoms with Crippen LogP contribution < -0.4 is 10.5 Å². The Bertz CT molecular complexity index is 1310. The third-order valence-electron chi connectivity index (χ3n) is 5.73. The molecule has 8 heteroatoms. The maximum Gasteiger partial charge on any atom is 0.272 e. The van der Waals surface area contributed by atoms with Gasteiger partial charge in [0, 0.05) is 50.4 Å². The molecule has 0 bridgehead atoms.